The summed E-state index contributed by atoms with van der Waals surface area (Å²) in [6.07, 6.45) is 8.45. The van der Waals surface area contributed by atoms with Gasteiger partial charge in [0.25, 0.3) is 0 Å². The maximum absolute atomic E-state index is 6.02. The van der Waals surface area contributed by atoms with Crippen molar-refractivity contribution in [1.29, 1.82) is 0 Å². The van der Waals surface area contributed by atoms with Gasteiger partial charge in [-0.05, 0) is 36.0 Å². The molecule has 17 heavy (non-hydrogen) atoms. The lowest BCUT2D eigenvalue weighted by Gasteiger charge is -2.34. The van der Waals surface area contributed by atoms with Crippen LogP contribution in [-0.2, 0) is 6.42 Å². The van der Waals surface area contributed by atoms with Crippen molar-refractivity contribution in [3.8, 4) is 0 Å². The second kappa shape index (κ2) is 4.89. The lowest BCUT2D eigenvalue weighted by Crippen LogP contribution is -2.30. The van der Waals surface area contributed by atoms with Crippen molar-refractivity contribution in [2.24, 2.45) is 11.8 Å². The zero-order valence-electron chi connectivity index (χ0n) is 10.2. The molecule has 1 aliphatic heterocycles. The van der Waals surface area contributed by atoms with E-state index in [4.69, 9.17) is 11.6 Å². The number of benzene rings is 1. The highest BCUT2D eigenvalue weighted by molar-refractivity contribution is 6.30. The molecule has 1 nitrogen and oxygen atoms in total. The van der Waals surface area contributed by atoms with Gasteiger partial charge in [-0.3, -0.25) is 0 Å². The molecule has 3 rings (SSSR count). The van der Waals surface area contributed by atoms with Crippen LogP contribution in [0.15, 0.2) is 18.2 Å². The van der Waals surface area contributed by atoms with E-state index in [1.807, 2.05) is 6.07 Å². The molecule has 2 aliphatic rings. The quantitative estimate of drug-likeness (QED) is 0.773. The maximum atomic E-state index is 6.02. The molecule has 0 radical (unpaired) electrons. The van der Waals surface area contributed by atoms with Crippen molar-refractivity contribution in [2.75, 3.05) is 11.9 Å². The van der Waals surface area contributed by atoms with E-state index in [1.165, 1.54) is 49.8 Å². The Hall–Kier alpha value is -0.690. The highest BCUT2D eigenvalue weighted by atomic mass is 35.5. The highest BCUT2D eigenvalue weighted by Gasteiger charge is 2.27. The van der Waals surface area contributed by atoms with Crippen LogP contribution in [0.25, 0.3) is 0 Å². The van der Waals surface area contributed by atoms with Crippen molar-refractivity contribution in [2.45, 2.75) is 38.5 Å². The third-order valence-corrected chi connectivity index (χ3v) is 4.66. The Bertz CT molecular complexity index is 396. The summed E-state index contributed by atoms with van der Waals surface area (Å²) < 4.78 is 0. The van der Waals surface area contributed by atoms with E-state index in [0.29, 0.717) is 0 Å². The molecule has 1 aromatic rings. The predicted molar refractivity (Wildman–Crippen MR) is 73.7 cm³/mol. The van der Waals surface area contributed by atoms with Gasteiger partial charge in [-0.2, -0.15) is 0 Å². The molecule has 1 unspecified atom stereocenters. The number of hydrogen-bond donors (Lipinski definition) is 1. The molecule has 1 N–H and O–H groups in total. The lowest BCUT2D eigenvalue weighted by atomic mass is 9.76. The molecule has 0 aromatic heterocycles. The Morgan fingerprint density at radius 3 is 2.71 bits per heavy atom. The van der Waals surface area contributed by atoms with Gasteiger partial charge in [0, 0.05) is 17.3 Å². The van der Waals surface area contributed by atoms with E-state index in [-0.39, 0.29) is 0 Å². The predicted octanol–water partition coefficient (Wildman–Crippen LogP) is 4.50. The Balaban J connectivity index is 1.73. The Morgan fingerprint density at radius 2 is 1.88 bits per heavy atom. The van der Waals surface area contributed by atoms with E-state index in [9.17, 15) is 0 Å². The van der Waals surface area contributed by atoms with Gasteiger partial charge in [-0.15, -0.1) is 0 Å². The fourth-order valence-corrected chi connectivity index (χ4v) is 3.60. The minimum absolute atomic E-state index is 0.837. The topological polar surface area (TPSA) is 12.0 Å². The molecule has 1 aliphatic carbocycles. The summed E-state index contributed by atoms with van der Waals surface area (Å²) >= 11 is 6.02. The second-order valence-corrected chi connectivity index (χ2v) is 5.98. The monoisotopic (exact) mass is 249 g/mol. The number of fused-ring (bicyclic) bond motifs is 1. The van der Waals surface area contributed by atoms with Crippen LogP contribution in [0.3, 0.4) is 0 Å². The highest BCUT2D eigenvalue weighted by Crippen LogP contribution is 2.36. The fraction of sp³-hybridized carbons (Fsp3) is 0.600. The second-order valence-electron chi connectivity index (χ2n) is 5.54. The Labute approximate surface area is 109 Å². The van der Waals surface area contributed by atoms with Crippen LogP contribution >= 0.6 is 11.6 Å². The Morgan fingerprint density at radius 1 is 1.06 bits per heavy atom. The molecular weight excluding hydrogens is 230 g/mol. The lowest BCUT2D eigenvalue weighted by molar-refractivity contribution is 0.252. The normalized spacial score (nSPS) is 25.1. The van der Waals surface area contributed by atoms with E-state index >= 15 is 0 Å². The SMILES string of the molecule is Clc1ccc2c(c1)NCC(C1CCCCC1)C2. The van der Waals surface area contributed by atoms with Gasteiger partial charge in [-0.25, -0.2) is 0 Å². The molecule has 0 spiro atoms. The summed E-state index contributed by atoms with van der Waals surface area (Å²) in [5.74, 6) is 1.78. The van der Waals surface area contributed by atoms with Crippen molar-refractivity contribution in [3.05, 3.63) is 28.8 Å². The first-order valence-corrected chi connectivity index (χ1v) is 7.23. The molecule has 1 aromatic carbocycles. The third-order valence-electron chi connectivity index (χ3n) is 4.43. The van der Waals surface area contributed by atoms with Crippen LogP contribution < -0.4 is 5.32 Å². The first-order chi connectivity index (χ1) is 8.33. The van der Waals surface area contributed by atoms with Crippen LogP contribution in [0.2, 0.25) is 5.02 Å². The minimum atomic E-state index is 0.837. The van der Waals surface area contributed by atoms with Gasteiger partial charge in [0.1, 0.15) is 0 Å². The summed E-state index contributed by atoms with van der Waals surface area (Å²) in [6, 6.07) is 6.28. The van der Waals surface area contributed by atoms with Gasteiger partial charge in [0.2, 0.25) is 0 Å². The summed E-state index contributed by atoms with van der Waals surface area (Å²) in [4.78, 5) is 0. The van der Waals surface area contributed by atoms with Crippen LogP contribution in [0.4, 0.5) is 5.69 Å². The summed E-state index contributed by atoms with van der Waals surface area (Å²) in [7, 11) is 0. The summed E-state index contributed by atoms with van der Waals surface area (Å²) in [5, 5.41) is 4.41. The number of halogens is 1. The molecule has 92 valence electrons. The zero-order chi connectivity index (χ0) is 11.7. The van der Waals surface area contributed by atoms with Crippen LogP contribution in [0.1, 0.15) is 37.7 Å². The van der Waals surface area contributed by atoms with E-state index < -0.39 is 0 Å². The van der Waals surface area contributed by atoms with Crippen LogP contribution in [-0.4, -0.2) is 6.54 Å². The van der Waals surface area contributed by atoms with E-state index in [1.54, 1.807) is 0 Å². The van der Waals surface area contributed by atoms with Crippen LogP contribution in [0, 0.1) is 11.8 Å². The van der Waals surface area contributed by atoms with Crippen molar-refractivity contribution >= 4 is 17.3 Å². The molecular formula is C15H20ClN. The third kappa shape index (κ3) is 2.44. The summed E-state index contributed by atoms with van der Waals surface area (Å²) in [5.41, 5.74) is 2.71. The average molecular weight is 250 g/mol. The maximum Gasteiger partial charge on any atom is 0.0426 e. The average Bonchev–Trinajstić information content (AvgIpc) is 2.39. The molecule has 0 saturated heterocycles. The molecule has 1 atom stereocenters. The standard InChI is InChI=1S/C15H20ClN/c16-14-7-6-12-8-13(10-17-15(12)9-14)11-4-2-1-3-5-11/h6-7,9,11,13,17H,1-5,8,10H2. The van der Waals surface area contributed by atoms with E-state index in [2.05, 4.69) is 17.4 Å². The number of hydrogen-bond acceptors (Lipinski definition) is 1. The fourth-order valence-electron chi connectivity index (χ4n) is 3.43. The van der Waals surface area contributed by atoms with Gasteiger partial charge >= 0.3 is 0 Å². The summed E-state index contributed by atoms with van der Waals surface area (Å²) in [6.45, 7) is 1.14. The Kier molecular flexibility index (Phi) is 3.28. The minimum Gasteiger partial charge on any atom is -0.384 e. The van der Waals surface area contributed by atoms with Gasteiger partial charge < -0.3 is 5.32 Å². The molecule has 0 amide bonds. The smallest absolute Gasteiger partial charge is 0.0426 e. The molecule has 1 saturated carbocycles. The van der Waals surface area contributed by atoms with Crippen LogP contribution in [0.5, 0.6) is 0 Å². The van der Waals surface area contributed by atoms with Gasteiger partial charge in [0.15, 0.2) is 0 Å². The number of nitrogens with one attached hydrogen (secondary N) is 1. The zero-order valence-corrected chi connectivity index (χ0v) is 11.0. The first-order valence-electron chi connectivity index (χ1n) is 6.85. The molecule has 1 heterocycles. The molecule has 2 heteroatoms. The van der Waals surface area contributed by atoms with Gasteiger partial charge in [-0.1, -0.05) is 49.8 Å². The number of rotatable bonds is 1. The van der Waals surface area contributed by atoms with Crippen molar-refractivity contribution < 1.29 is 0 Å². The molecule has 0 bridgehead atoms. The first kappa shape index (κ1) is 11.4. The molecule has 1 fully saturated rings. The van der Waals surface area contributed by atoms with Gasteiger partial charge in [0.05, 0.1) is 0 Å². The van der Waals surface area contributed by atoms with Crippen molar-refractivity contribution in [3.63, 3.8) is 0 Å². The largest absolute Gasteiger partial charge is 0.384 e. The van der Waals surface area contributed by atoms with Crippen molar-refractivity contribution in [1.82, 2.24) is 0 Å². The van der Waals surface area contributed by atoms with E-state index in [0.717, 1.165) is 23.4 Å². The number of anilines is 1.